The summed E-state index contributed by atoms with van der Waals surface area (Å²) in [6.45, 7) is 2.09. The van der Waals surface area contributed by atoms with Crippen LogP contribution in [0.25, 0.3) is 0 Å². The molecule has 27 heavy (non-hydrogen) atoms. The van der Waals surface area contributed by atoms with Crippen LogP contribution in [0.15, 0.2) is 42.6 Å². The van der Waals surface area contributed by atoms with Gasteiger partial charge in [0, 0.05) is 24.8 Å². The van der Waals surface area contributed by atoms with E-state index < -0.39 is 24.0 Å². The highest BCUT2D eigenvalue weighted by molar-refractivity contribution is 5.83. The highest BCUT2D eigenvalue weighted by atomic mass is 19.3. The molecule has 0 spiro atoms. The van der Waals surface area contributed by atoms with E-state index in [9.17, 15) is 13.6 Å². The average molecular weight is 375 g/mol. The zero-order chi connectivity index (χ0) is 20.0. The minimum Gasteiger partial charge on any atom is -0.484 e. The van der Waals surface area contributed by atoms with Crippen LogP contribution in [-0.2, 0) is 4.79 Å². The molecule has 2 aromatic rings. The highest BCUT2D eigenvalue weighted by Crippen LogP contribution is 2.26. The van der Waals surface area contributed by atoms with Gasteiger partial charge in [-0.2, -0.15) is 14.0 Å². The number of halogens is 2. The molecule has 142 valence electrons. The number of nitriles is 1. The molecule has 6 nitrogen and oxygen atoms in total. The van der Waals surface area contributed by atoms with Gasteiger partial charge in [-0.25, -0.2) is 4.98 Å². The molecule has 2 rings (SSSR count). The summed E-state index contributed by atoms with van der Waals surface area (Å²) in [6.07, 6.45) is 0.697. The Morgan fingerprint density at radius 1 is 1.26 bits per heavy atom. The van der Waals surface area contributed by atoms with Crippen molar-refractivity contribution in [3.8, 4) is 17.7 Å². The van der Waals surface area contributed by atoms with Gasteiger partial charge in [-0.1, -0.05) is 0 Å². The molecule has 0 saturated carbocycles. The van der Waals surface area contributed by atoms with Crippen molar-refractivity contribution in [2.75, 3.05) is 7.11 Å². The van der Waals surface area contributed by atoms with Crippen molar-refractivity contribution in [3.63, 3.8) is 0 Å². The molecule has 1 N–H and O–H groups in total. The number of aromatic nitrogens is 1. The zero-order valence-electron chi connectivity index (χ0n) is 15.1. The minimum atomic E-state index is -3.51. The number of benzene rings is 1. The molecule has 0 aliphatic heterocycles. The number of carbonyl (C=O) groups excluding carboxylic acids is 1. The number of carbonyl (C=O) groups is 1. The van der Waals surface area contributed by atoms with E-state index in [0.717, 1.165) is 0 Å². The van der Waals surface area contributed by atoms with Gasteiger partial charge in [0.05, 0.1) is 24.8 Å². The third-order valence-corrected chi connectivity index (χ3v) is 3.75. The first kappa shape index (κ1) is 20.1. The van der Waals surface area contributed by atoms with Gasteiger partial charge < -0.3 is 14.8 Å². The Bertz CT molecular complexity index is 812. The van der Waals surface area contributed by atoms with Crippen LogP contribution in [0.3, 0.4) is 0 Å². The molecule has 0 fully saturated rings. The first-order valence-electron chi connectivity index (χ1n) is 8.10. The number of rotatable bonds is 7. The SMILES string of the molecule is COc1ccc([C@@H](Oc2ccc(C#N)cc2)[C@H](C)NC(=O)C(C)(F)F)cn1. The molecular formula is C19H19F2N3O3. The molecule has 0 bridgehead atoms. The second-order valence-corrected chi connectivity index (χ2v) is 5.96. The van der Waals surface area contributed by atoms with Crippen LogP contribution in [0, 0.1) is 11.3 Å². The maximum absolute atomic E-state index is 13.2. The number of nitrogens with zero attached hydrogens (tertiary/aromatic N) is 2. The number of alkyl halides is 2. The van der Waals surface area contributed by atoms with Gasteiger partial charge in [-0.05, 0) is 37.3 Å². The van der Waals surface area contributed by atoms with E-state index in [1.54, 1.807) is 43.3 Å². The molecule has 0 radical (unpaired) electrons. The third kappa shape index (κ3) is 5.38. The first-order chi connectivity index (χ1) is 12.7. The quantitative estimate of drug-likeness (QED) is 0.803. The van der Waals surface area contributed by atoms with Gasteiger partial charge in [0.15, 0.2) is 0 Å². The van der Waals surface area contributed by atoms with Crippen LogP contribution < -0.4 is 14.8 Å². The van der Waals surface area contributed by atoms with E-state index in [2.05, 4.69) is 10.3 Å². The predicted molar refractivity (Wildman–Crippen MR) is 93.5 cm³/mol. The lowest BCUT2D eigenvalue weighted by atomic mass is 10.0. The molecule has 0 unspecified atom stereocenters. The van der Waals surface area contributed by atoms with Gasteiger partial charge in [0.1, 0.15) is 11.9 Å². The topological polar surface area (TPSA) is 84.2 Å². The second kappa shape index (κ2) is 8.45. The average Bonchev–Trinajstić information content (AvgIpc) is 2.65. The van der Waals surface area contributed by atoms with Gasteiger partial charge in [0.25, 0.3) is 5.91 Å². The summed E-state index contributed by atoms with van der Waals surface area (Å²) >= 11 is 0. The van der Waals surface area contributed by atoms with Crippen molar-refractivity contribution in [1.82, 2.24) is 10.3 Å². The normalized spacial score (nSPS) is 13.2. The van der Waals surface area contributed by atoms with Crippen molar-refractivity contribution in [3.05, 3.63) is 53.7 Å². The summed E-state index contributed by atoms with van der Waals surface area (Å²) in [5.41, 5.74) is 1.02. The van der Waals surface area contributed by atoms with Crippen molar-refractivity contribution >= 4 is 5.91 Å². The van der Waals surface area contributed by atoms with E-state index in [1.807, 2.05) is 6.07 Å². The summed E-state index contributed by atoms with van der Waals surface area (Å²) in [5, 5.41) is 11.1. The van der Waals surface area contributed by atoms with Gasteiger partial charge in [-0.15, -0.1) is 0 Å². The molecule has 0 aliphatic rings. The number of ether oxygens (including phenoxy) is 2. The lowest BCUT2D eigenvalue weighted by molar-refractivity contribution is -0.144. The van der Waals surface area contributed by atoms with E-state index in [1.165, 1.54) is 13.3 Å². The number of nitrogens with one attached hydrogen (secondary N) is 1. The Morgan fingerprint density at radius 2 is 1.93 bits per heavy atom. The first-order valence-corrected chi connectivity index (χ1v) is 8.10. The van der Waals surface area contributed by atoms with Crippen molar-refractivity contribution < 1.29 is 23.0 Å². The zero-order valence-corrected chi connectivity index (χ0v) is 15.1. The predicted octanol–water partition coefficient (Wildman–Crippen LogP) is 3.24. The Balaban J connectivity index is 2.28. The molecule has 8 heteroatoms. The fourth-order valence-corrected chi connectivity index (χ4v) is 2.30. The van der Waals surface area contributed by atoms with Crippen LogP contribution in [0.1, 0.15) is 31.1 Å². The van der Waals surface area contributed by atoms with Crippen LogP contribution in [0.4, 0.5) is 8.78 Å². The number of amides is 1. The third-order valence-electron chi connectivity index (χ3n) is 3.75. The van der Waals surface area contributed by atoms with Crippen LogP contribution in [-0.4, -0.2) is 30.0 Å². The highest BCUT2D eigenvalue weighted by Gasteiger charge is 2.35. The van der Waals surface area contributed by atoms with E-state index in [0.29, 0.717) is 29.7 Å². The number of hydrogen-bond acceptors (Lipinski definition) is 5. The van der Waals surface area contributed by atoms with Gasteiger partial charge in [0.2, 0.25) is 5.88 Å². The maximum Gasteiger partial charge on any atom is 0.321 e. The van der Waals surface area contributed by atoms with Crippen LogP contribution >= 0.6 is 0 Å². The Labute approximate surface area is 155 Å². The summed E-state index contributed by atoms with van der Waals surface area (Å²) in [6, 6.07) is 10.8. The summed E-state index contributed by atoms with van der Waals surface area (Å²) < 4.78 is 37.4. The summed E-state index contributed by atoms with van der Waals surface area (Å²) in [7, 11) is 1.47. The van der Waals surface area contributed by atoms with E-state index >= 15 is 0 Å². The number of pyridine rings is 1. The maximum atomic E-state index is 13.2. The van der Waals surface area contributed by atoms with Crippen molar-refractivity contribution in [2.45, 2.75) is 31.9 Å². The Kier molecular flexibility index (Phi) is 6.29. The minimum absolute atomic E-state index is 0.382. The van der Waals surface area contributed by atoms with E-state index in [-0.39, 0.29) is 0 Å². The lowest BCUT2D eigenvalue weighted by Gasteiger charge is -2.27. The molecule has 1 aromatic carbocycles. The molecule has 1 heterocycles. The van der Waals surface area contributed by atoms with Crippen LogP contribution in [0.2, 0.25) is 0 Å². The monoisotopic (exact) mass is 375 g/mol. The molecule has 1 aromatic heterocycles. The molecule has 0 saturated heterocycles. The number of hydrogen-bond donors (Lipinski definition) is 1. The van der Waals surface area contributed by atoms with E-state index in [4.69, 9.17) is 14.7 Å². The fraction of sp³-hybridized carbons (Fsp3) is 0.316. The smallest absolute Gasteiger partial charge is 0.321 e. The molecule has 0 aliphatic carbocycles. The van der Waals surface area contributed by atoms with Gasteiger partial charge >= 0.3 is 5.92 Å². The van der Waals surface area contributed by atoms with Gasteiger partial charge in [-0.3, -0.25) is 4.79 Å². The summed E-state index contributed by atoms with van der Waals surface area (Å²) in [4.78, 5) is 15.8. The van der Waals surface area contributed by atoms with Crippen molar-refractivity contribution in [2.24, 2.45) is 0 Å². The molecule has 2 atom stereocenters. The summed E-state index contributed by atoms with van der Waals surface area (Å²) in [5.74, 6) is -4.11. The fourth-order valence-electron chi connectivity index (χ4n) is 2.30. The number of methoxy groups -OCH3 is 1. The Hall–Kier alpha value is -3.21. The molecule has 1 amide bonds. The van der Waals surface area contributed by atoms with Crippen molar-refractivity contribution in [1.29, 1.82) is 5.26 Å². The second-order valence-electron chi connectivity index (χ2n) is 5.96. The lowest BCUT2D eigenvalue weighted by Crippen LogP contribution is -2.46. The standard InChI is InChI=1S/C19H19F2N3O3/c1-12(24-18(25)19(2,20)21)17(14-6-9-16(26-3)23-11-14)27-15-7-4-13(10-22)5-8-15/h4-9,11-12,17H,1-3H3,(H,24,25)/t12-,17-/m0/s1. The molecular weight excluding hydrogens is 356 g/mol. The Morgan fingerprint density at radius 3 is 2.41 bits per heavy atom. The van der Waals surface area contributed by atoms with Crippen LogP contribution in [0.5, 0.6) is 11.6 Å². The largest absolute Gasteiger partial charge is 0.484 e.